The van der Waals surface area contributed by atoms with Crippen LogP contribution in [0.5, 0.6) is 5.75 Å². The molecule has 16 heavy (non-hydrogen) atoms. The van der Waals surface area contributed by atoms with Gasteiger partial charge in [-0.1, -0.05) is 17.7 Å². The summed E-state index contributed by atoms with van der Waals surface area (Å²) in [5.74, 6) is 0.606. The monoisotopic (exact) mass is 220 g/mol. The van der Waals surface area contributed by atoms with Gasteiger partial charge in [-0.05, 0) is 19.1 Å². The lowest BCUT2D eigenvalue weighted by atomic mass is 10.2. The molecule has 4 nitrogen and oxygen atoms in total. The number of aryl methyl sites for hydroxylation is 1. The Morgan fingerprint density at radius 3 is 2.50 bits per heavy atom. The third-order valence-corrected chi connectivity index (χ3v) is 2.60. The SMILES string of the molecule is Cc1ccc(OC(=O)N2CCNCC2)cc1. The summed E-state index contributed by atoms with van der Waals surface area (Å²) in [7, 11) is 0. The highest BCUT2D eigenvalue weighted by molar-refractivity contribution is 5.70. The fourth-order valence-corrected chi connectivity index (χ4v) is 1.62. The Morgan fingerprint density at radius 2 is 1.88 bits per heavy atom. The first kappa shape index (κ1) is 11.0. The predicted molar refractivity (Wildman–Crippen MR) is 61.6 cm³/mol. The third kappa shape index (κ3) is 2.73. The van der Waals surface area contributed by atoms with Crippen LogP contribution in [0.25, 0.3) is 0 Å². The molecule has 1 fully saturated rings. The number of hydrogen-bond donors (Lipinski definition) is 1. The fraction of sp³-hybridized carbons (Fsp3) is 0.417. The van der Waals surface area contributed by atoms with Gasteiger partial charge in [0.2, 0.25) is 0 Å². The minimum Gasteiger partial charge on any atom is -0.410 e. The van der Waals surface area contributed by atoms with Gasteiger partial charge < -0.3 is 15.0 Å². The number of benzene rings is 1. The molecule has 1 saturated heterocycles. The lowest BCUT2D eigenvalue weighted by Crippen LogP contribution is -2.47. The predicted octanol–water partition coefficient (Wildman–Crippen LogP) is 1.40. The minimum atomic E-state index is -0.259. The lowest BCUT2D eigenvalue weighted by molar-refractivity contribution is 0.146. The minimum absolute atomic E-state index is 0.259. The number of piperazine rings is 1. The molecule has 0 aromatic heterocycles. The molecule has 1 aromatic carbocycles. The van der Waals surface area contributed by atoms with Gasteiger partial charge in [-0.3, -0.25) is 0 Å². The molecule has 0 spiro atoms. The molecule has 2 rings (SSSR count). The highest BCUT2D eigenvalue weighted by atomic mass is 16.6. The summed E-state index contributed by atoms with van der Waals surface area (Å²) < 4.78 is 5.27. The van der Waals surface area contributed by atoms with E-state index in [1.54, 1.807) is 4.90 Å². The van der Waals surface area contributed by atoms with E-state index in [0.717, 1.165) is 18.7 Å². The van der Waals surface area contributed by atoms with E-state index < -0.39 is 0 Å². The standard InChI is InChI=1S/C12H16N2O2/c1-10-2-4-11(5-3-10)16-12(15)14-8-6-13-7-9-14/h2-5,13H,6-9H2,1H3. The maximum Gasteiger partial charge on any atom is 0.415 e. The smallest absolute Gasteiger partial charge is 0.410 e. The number of amides is 1. The highest BCUT2D eigenvalue weighted by Gasteiger charge is 2.17. The number of ether oxygens (including phenoxy) is 1. The van der Waals surface area contributed by atoms with Crippen molar-refractivity contribution in [2.75, 3.05) is 26.2 Å². The van der Waals surface area contributed by atoms with E-state index in [2.05, 4.69) is 5.32 Å². The van der Waals surface area contributed by atoms with Crippen molar-refractivity contribution in [1.29, 1.82) is 0 Å². The van der Waals surface area contributed by atoms with Gasteiger partial charge >= 0.3 is 6.09 Å². The number of carbonyl (C=O) groups excluding carboxylic acids is 1. The Morgan fingerprint density at radius 1 is 1.25 bits per heavy atom. The Balaban J connectivity index is 1.93. The van der Waals surface area contributed by atoms with Gasteiger partial charge in [0.15, 0.2) is 0 Å². The van der Waals surface area contributed by atoms with Crippen LogP contribution in [0, 0.1) is 6.92 Å². The zero-order valence-electron chi connectivity index (χ0n) is 9.40. The molecule has 1 heterocycles. The van der Waals surface area contributed by atoms with E-state index >= 15 is 0 Å². The van der Waals surface area contributed by atoms with Crippen LogP contribution in [0.1, 0.15) is 5.56 Å². The highest BCUT2D eigenvalue weighted by Crippen LogP contribution is 2.12. The van der Waals surface area contributed by atoms with Gasteiger partial charge in [-0.25, -0.2) is 4.79 Å². The first-order valence-corrected chi connectivity index (χ1v) is 5.50. The summed E-state index contributed by atoms with van der Waals surface area (Å²) in [6.45, 7) is 5.10. The van der Waals surface area contributed by atoms with Crippen molar-refractivity contribution in [3.8, 4) is 5.75 Å². The van der Waals surface area contributed by atoms with E-state index in [0.29, 0.717) is 18.8 Å². The van der Waals surface area contributed by atoms with Crippen molar-refractivity contribution in [1.82, 2.24) is 10.2 Å². The van der Waals surface area contributed by atoms with Gasteiger partial charge in [-0.2, -0.15) is 0 Å². The zero-order valence-corrected chi connectivity index (χ0v) is 9.40. The summed E-state index contributed by atoms with van der Waals surface area (Å²) in [5.41, 5.74) is 1.15. The van der Waals surface area contributed by atoms with Crippen LogP contribution in [0.2, 0.25) is 0 Å². The van der Waals surface area contributed by atoms with Crippen molar-refractivity contribution < 1.29 is 9.53 Å². The average Bonchev–Trinajstić information content (AvgIpc) is 2.33. The van der Waals surface area contributed by atoms with Crippen LogP contribution in [-0.4, -0.2) is 37.2 Å². The summed E-state index contributed by atoms with van der Waals surface area (Å²) in [5, 5.41) is 3.19. The van der Waals surface area contributed by atoms with E-state index in [9.17, 15) is 4.79 Å². The zero-order chi connectivity index (χ0) is 11.4. The first-order valence-electron chi connectivity index (χ1n) is 5.50. The van der Waals surface area contributed by atoms with Crippen LogP contribution in [0.15, 0.2) is 24.3 Å². The maximum absolute atomic E-state index is 11.7. The Labute approximate surface area is 95.2 Å². The van der Waals surface area contributed by atoms with Crippen molar-refractivity contribution in [3.05, 3.63) is 29.8 Å². The number of nitrogens with zero attached hydrogens (tertiary/aromatic N) is 1. The van der Waals surface area contributed by atoms with Gasteiger partial charge in [0, 0.05) is 26.2 Å². The van der Waals surface area contributed by atoms with E-state index in [4.69, 9.17) is 4.74 Å². The van der Waals surface area contributed by atoms with Crippen molar-refractivity contribution in [2.24, 2.45) is 0 Å². The summed E-state index contributed by atoms with van der Waals surface area (Å²) >= 11 is 0. The number of carbonyl (C=O) groups is 1. The first-order chi connectivity index (χ1) is 7.75. The molecule has 0 radical (unpaired) electrons. The van der Waals surface area contributed by atoms with Crippen molar-refractivity contribution >= 4 is 6.09 Å². The van der Waals surface area contributed by atoms with Crippen LogP contribution in [0.3, 0.4) is 0 Å². The molecule has 0 bridgehead atoms. The van der Waals surface area contributed by atoms with Crippen LogP contribution in [-0.2, 0) is 0 Å². The van der Waals surface area contributed by atoms with Gasteiger partial charge in [0.25, 0.3) is 0 Å². The fourth-order valence-electron chi connectivity index (χ4n) is 1.62. The molecule has 4 heteroatoms. The quantitative estimate of drug-likeness (QED) is 0.777. The maximum atomic E-state index is 11.7. The molecule has 0 saturated carbocycles. The summed E-state index contributed by atoms with van der Waals surface area (Å²) in [4.78, 5) is 13.4. The molecule has 1 aliphatic rings. The molecular weight excluding hydrogens is 204 g/mol. The molecule has 0 aliphatic carbocycles. The lowest BCUT2D eigenvalue weighted by Gasteiger charge is -2.26. The van der Waals surface area contributed by atoms with Crippen LogP contribution in [0.4, 0.5) is 4.79 Å². The number of rotatable bonds is 1. The van der Waals surface area contributed by atoms with E-state index in [-0.39, 0.29) is 6.09 Å². The van der Waals surface area contributed by atoms with E-state index in [1.807, 2.05) is 31.2 Å². The molecule has 0 atom stereocenters. The largest absolute Gasteiger partial charge is 0.415 e. The molecule has 86 valence electrons. The van der Waals surface area contributed by atoms with Gasteiger partial charge in [0.1, 0.15) is 5.75 Å². The summed E-state index contributed by atoms with van der Waals surface area (Å²) in [6.07, 6.45) is -0.259. The van der Waals surface area contributed by atoms with Gasteiger partial charge in [0.05, 0.1) is 0 Å². The van der Waals surface area contributed by atoms with Crippen LogP contribution >= 0.6 is 0 Å². The molecule has 1 aliphatic heterocycles. The molecule has 1 aromatic rings. The average molecular weight is 220 g/mol. The molecule has 1 N–H and O–H groups in total. The second kappa shape index (κ2) is 4.99. The summed E-state index contributed by atoms with van der Waals surface area (Å²) in [6, 6.07) is 7.49. The molecule has 1 amide bonds. The Bertz CT molecular complexity index is 356. The number of hydrogen-bond acceptors (Lipinski definition) is 3. The Kier molecular flexibility index (Phi) is 3.41. The normalized spacial score (nSPS) is 15.9. The van der Waals surface area contributed by atoms with E-state index in [1.165, 1.54) is 0 Å². The number of nitrogens with one attached hydrogen (secondary N) is 1. The second-order valence-corrected chi connectivity index (χ2v) is 3.92. The third-order valence-electron chi connectivity index (χ3n) is 2.60. The second-order valence-electron chi connectivity index (χ2n) is 3.92. The van der Waals surface area contributed by atoms with Crippen molar-refractivity contribution in [3.63, 3.8) is 0 Å². The van der Waals surface area contributed by atoms with Crippen LogP contribution < -0.4 is 10.1 Å². The van der Waals surface area contributed by atoms with Gasteiger partial charge in [-0.15, -0.1) is 0 Å². The topological polar surface area (TPSA) is 41.6 Å². The molecule has 0 unspecified atom stereocenters. The molecular formula is C12H16N2O2. The van der Waals surface area contributed by atoms with Crippen molar-refractivity contribution in [2.45, 2.75) is 6.92 Å². The Hall–Kier alpha value is -1.55.